The van der Waals surface area contributed by atoms with Crippen molar-refractivity contribution in [1.82, 2.24) is 9.38 Å². The van der Waals surface area contributed by atoms with Crippen LogP contribution in [0.25, 0.3) is 16.9 Å². The number of methoxy groups -OCH3 is 1. The lowest BCUT2D eigenvalue weighted by Gasteiger charge is -2.37. The molecule has 32 heavy (non-hydrogen) atoms. The van der Waals surface area contributed by atoms with Gasteiger partial charge in [-0.2, -0.15) is 0 Å². The quantitative estimate of drug-likeness (QED) is 0.471. The Labute approximate surface area is 188 Å². The molecule has 4 aromatic rings. The molecule has 2 aliphatic heterocycles. The van der Waals surface area contributed by atoms with E-state index in [1.165, 1.54) is 53.9 Å². The molecule has 2 aromatic heterocycles. The predicted octanol–water partition coefficient (Wildman–Crippen LogP) is 5.32. The van der Waals surface area contributed by atoms with E-state index in [1.807, 2.05) is 18.2 Å². The number of nitrogens with one attached hydrogen (secondary N) is 1. The van der Waals surface area contributed by atoms with Gasteiger partial charge in [-0.05, 0) is 78.8 Å². The van der Waals surface area contributed by atoms with Gasteiger partial charge in [0.2, 0.25) is 0 Å². The molecule has 0 unspecified atom stereocenters. The van der Waals surface area contributed by atoms with Gasteiger partial charge in [0.15, 0.2) is 0 Å². The average molecular weight is 425 g/mol. The maximum absolute atomic E-state index is 5.30. The maximum Gasteiger partial charge on any atom is 0.139 e. The van der Waals surface area contributed by atoms with Crippen molar-refractivity contribution in [2.75, 3.05) is 30.4 Å². The number of rotatable bonds is 5. The Morgan fingerprint density at radius 1 is 0.969 bits per heavy atom. The minimum absolute atomic E-state index is 0.727. The molecule has 4 heterocycles. The van der Waals surface area contributed by atoms with Crippen LogP contribution in [0, 0.1) is 0 Å². The van der Waals surface area contributed by atoms with Crippen LogP contribution in [0.5, 0.6) is 5.75 Å². The SMILES string of the molecule is COc1ccc(CNc2c(-c3cc4c5c(c3)CCCN5CCC4)nc3ccccn23)cc1. The number of imidazole rings is 1. The van der Waals surface area contributed by atoms with Crippen molar-refractivity contribution in [3.05, 3.63) is 77.5 Å². The van der Waals surface area contributed by atoms with E-state index in [4.69, 9.17) is 9.72 Å². The molecule has 0 saturated heterocycles. The van der Waals surface area contributed by atoms with Gasteiger partial charge in [0, 0.05) is 37.1 Å². The molecule has 0 fully saturated rings. The Bertz CT molecular complexity index is 1240. The van der Waals surface area contributed by atoms with Crippen molar-refractivity contribution in [3.8, 4) is 17.0 Å². The molecule has 162 valence electrons. The van der Waals surface area contributed by atoms with E-state index in [-0.39, 0.29) is 0 Å². The van der Waals surface area contributed by atoms with Gasteiger partial charge in [0.1, 0.15) is 22.9 Å². The standard InChI is InChI=1S/C27H28N4O/c1-32-23-11-9-19(10-12-23)18-28-27-25(29-24-8-2-3-15-31(24)27)22-16-20-6-4-13-30-14-5-7-21(17-22)26(20)30/h2-3,8-12,15-17,28H,4-7,13-14,18H2,1H3. The number of hydrogen-bond acceptors (Lipinski definition) is 4. The van der Waals surface area contributed by atoms with Crippen molar-refractivity contribution in [1.29, 1.82) is 0 Å². The van der Waals surface area contributed by atoms with E-state index in [0.29, 0.717) is 0 Å². The lowest BCUT2D eigenvalue weighted by atomic mass is 9.89. The van der Waals surface area contributed by atoms with Gasteiger partial charge in [0.25, 0.3) is 0 Å². The number of anilines is 2. The zero-order valence-corrected chi connectivity index (χ0v) is 18.5. The fraction of sp³-hybridized carbons (Fsp3) is 0.296. The number of ether oxygens (including phenoxy) is 1. The zero-order chi connectivity index (χ0) is 21.5. The van der Waals surface area contributed by atoms with Crippen LogP contribution in [0.15, 0.2) is 60.8 Å². The Morgan fingerprint density at radius 3 is 2.44 bits per heavy atom. The van der Waals surface area contributed by atoms with Crippen molar-refractivity contribution in [2.24, 2.45) is 0 Å². The van der Waals surface area contributed by atoms with Crippen LogP contribution in [0.2, 0.25) is 0 Å². The Hall–Kier alpha value is -3.47. The van der Waals surface area contributed by atoms with E-state index in [1.54, 1.807) is 7.11 Å². The summed E-state index contributed by atoms with van der Waals surface area (Å²) in [7, 11) is 1.70. The summed E-state index contributed by atoms with van der Waals surface area (Å²) in [5, 5.41) is 3.68. The largest absolute Gasteiger partial charge is 0.497 e. The number of aromatic nitrogens is 2. The second-order valence-corrected chi connectivity index (χ2v) is 8.78. The Morgan fingerprint density at radius 2 is 1.72 bits per heavy atom. The molecular formula is C27H28N4O. The third kappa shape index (κ3) is 3.29. The monoisotopic (exact) mass is 424 g/mol. The van der Waals surface area contributed by atoms with E-state index in [9.17, 15) is 0 Å². The smallest absolute Gasteiger partial charge is 0.139 e. The summed E-state index contributed by atoms with van der Waals surface area (Å²) in [6, 6.07) is 19.2. The summed E-state index contributed by atoms with van der Waals surface area (Å²) < 4.78 is 7.46. The van der Waals surface area contributed by atoms with Gasteiger partial charge in [-0.15, -0.1) is 0 Å². The molecule has 2 aliphatic rings. The number of aryl methyl sites for hydroxylation is 2. The van der Waals surface area contributed by atoms with Crippen molar-refractivity contribution in [3.63, 3.8) is 0 Å². The number of benzene rings is 2. The summed E-state index contributed by atoms with van der Waals surface area (Å²) in [6.07, 6.45) is 6.89. The molecule has 1 N–H and O–H groups in total. The number of pyridine rings is 1. The van der Waals surface area contributed by atoms with Crippen LogP contribution in [0.4, 0.5) is 11.5 Å². The molecule has 0 bridgehead atoms. The predicted molar refractivity (Wildman–Crippen MR) is 130 cm³/mol. The van der Waals surface area contributed by atoms with E-state index < -0.39 is 0 Å². The zero-order valence-electron chi connectivity index (χ0n) is 18.5. The van der Waals surface area contributed by atoms with E-state index in [0.717, 1.165) is 42.3 Å². The highest BCUT2D eigenvalue weighted by atomic mass is 16.5. The fourth-order valence-electron chi connectivity index (χ4n) is 5.24. The lowest BCUT2D eigenvalue weighted by molar-refractivity contribution is 0.414. The second kappa shape index (κ2) is 7.90. The first-order valence-electron chi connectivity index (χ1n) is 11.6. The normalized spacial score (nSPS) is 15.0. The third-order valence-corrected chi connectivity index (χ3v) is 6.75. The minimum atomic E-state index is 0.727. The molecule has 0 aliphatic carbocycles. The van der Waals surface area contributed by atoms with Gasteiger partial charge in [-0.3, -0.25) is 4.40 Å². The Kier molecular flexibility index (Phi) is 4.75. The molecule has 0 amide bonds. The first-order chi connectivity index (χ1) is 15.8. The van der Waals surface area contributed by atoms with Crippen LogP contribution >= 0.6 is 0 Å². The fourth-order valence-corrected chi connectivity index (χ4v) is 5.24. The van der Waals surface area contributed by atoms with Crippen LogP contribution < -0.4 is 15.0 Å². The average Bonchev–Trinajstić information content (AvgIpc) is 3.22. The molecule has 5 nitrogen and oxygen atoms in total. The topological polar surface area (TPSA) is 41.8 Å². The highest BCUT2D eigenvalue weighted by Crippen LogP contribution is 2.40. The van der Waals surface area contributed by atoms with Crippen molar-refractivity contribution >= 4 is 17.2 Å². The number of hydrogen-bond donors (Lipinski definition) is 1. The minimum Gasteiger partial charge on any atom is -0.497 e. The van der Waals surface area contributed by atoms with E-state index >= 15 is 0 Å². The van der Waals surface area contributed by atoms with E-state index in [2.05, 4.69) is 57.2 Å². The summed E-state index contributed by atoms with van der Waals surface area (Å²) in [5.74, 6) is 1.92. The summed E-state index contributed by atoms with van der Waals surface area (Å²) in [4.78, 5) is 7.64. The lowest BCUT2D eigenvalue weighted by Crippen LogP contribution is -2.34. The number of fused-ring (bicyclic) bond motifs is 1. The molecule has 0 spiro atoms. The molecule has 5 heteroatoms. The van der Waals surface area contributed by atoms with Gasteiger partial charge in [0.05, 0.1) is 7.11 Å². The summed E-state index contributed by atoms with van der Waals surface area (Å²) >= 11 is 0. The summed E-state index contributed by atoms with van der Waals surface area (Å²) in [6.45, 7) is 3.12. The molecule has 0 radical (unpaired) electrons. The highest BCUT2D eigenvalue weighted by molar-refractivity contribution is 5.80. The molecule has 0 atom stereocenters. The Balaban J connectivity index is 1.41. The third-order valence-electron chi connectivity index (χ3n) is 6.75. The molecular weight excluding hydrogens is 396 g/mol. The van der Waals surface area contributed by atoms with Crippen LogP contribution in [-0.4, -0.2) is 29.6 Å². The molecule has 0 saturated carbocycles. The molecule has 2 aromatic carbocycles. The number of nitrogens with zero attached hydrogens (tertiary/aromatic N) is 3. The van der Waals surface area contributed by atoms with Gasteiger partial charge >= 0.3 is 0 Å². The first-order valence-corrected chi connectivity index (χ1v) is 11.6. The summed E-state index contributed by atoms with van der Waals surface area (Å²) in [5.41, 5.74) is 8.91. The van der Waals surface area contributed by atoms with Gasteiger partial charge in [-0.25, -0.2) is 4.98 Å². The van der Waals surface area contributed by atoms with Crippen LogP contribution in [0.3, 0.4) is 0 Å². The van der Waals surface area contributed by atoms with Gasteiger partial charge in [-0.1, -0.05) is 18.2 Å². The first kappa shape index (κ1) is 19.2. The highest BCUT2D eigenvalue weighted by Gasteiger charge is 2.25. The molecule has 6 rings (SSSR count). The maximum atomic E-state index is 5.30. The van der Waals surface area contributed by atoms with Crippen LogP contribution in [0.1, 0.15) is 29.5 Å². The second-order valence-electron chi connectivity index (χ2n) is 8.78. The van der Waals surface area contributed by atoms with Crippen molar-refractivity contribution in [2.45, 2.75) is 32.2 Å². The van der Waals surface area contributed by atoms with Gasteiger partial charge < -0.3 is 15.0 Å². The van der Waals surface area contributed by atoms with Crippen molar-refractivity contribution < 1.29 is 4.74 Å². The van der Waals surface area contributed by atoms with Crippen LogP contribution in [-0.2, 0) is 19.4 Å².